The Bertz CT molecular complexity index is 962. The molecule has 0 saturated carbocycles. The van der Waals surface area contributed by atoms with Gasteiger partial charge in [-0.05, 0) is 54.3 Å². The summed E-state index contributed by atoms with van der Waals surface area (Å²) in [4.78, 5) is 18.3. The zero-order chi connectivity index (χ0) is 18.3. The van der Waals surface area contributed by atoms with E-state index < -0.39 is 0 Å². The molecule has 4 rings (SSSR count). The van der Waals surface area contributed by atoms with Crippen molar-refractivity contribution in [3.05, 3.63) is 69.3 Å². The van der Waals surface area contributed by atoms with Crippen molar-refractivity contribution in [1.82, 2.24) is 9.88 Å². The quantitative estimate of drug-likeness (QED) is 0.656. The number of H-pyrrole nitrogens is 1. The predicted molar refractivity (Wildman–Crippen MR) is 107 cm³/mol. The van der Waals surface area contributed by atoms with Gasteiger partial charge in [-0.2, -0.15) is 0 Å². The van der Waals surface area contributed by atoms with E-state index in [1.165, 1.54) is 10.9 Å². The van der Waals surface area contributed by atoms with Gasteiger partial charge in [0, 0.05) is 39.1 Å². The van der Waals surface area contributed by atoms with Crippen molar-refractivity contribution < 1.29 is 4.79 Å². The van der Waals surface area contributed by atoms with Gasteiger partial charge in [-0.1, -0.05) is 42.3 Å². The summed E-state index contributed by atoms with van der Waals surface area (Å²) in [5.74, 6) is 0.138. The van der Waals surface area contributed by atoms with Crippen molar-refractivity contribution in [2.75, 3.05) is 6.54 Å². The second-order valence-corrected chi connectivity index (χ2v) is 7.89. The Balaban J connectivity index is 1.50. The lowest BCUT2D eigenvalue weighted by Crippen LogP contribution is -2.39. The highest BCUT2D eigenvalue weighted by Gasteiger charge is 2.27. The molecule has 1 unspecified atom stereocenters. The van der Waals surface area contributed by atoms with Crippen LogP contribution in [0.4, 0.5) is 0 Å². The standard InChI is InChI=1S/C21H20Cl2N2O/c1-13(10-14-2-4-15(22)5-3-14)21(26)25-9-8-17-18-11-16(23)6-7-19(18)24-20(17)12-25/h2-7,11,13,24H,8-10,12H2,1H3. The molecule has 0 aliphatic carbocycles. The zero-order valence-electron chi connectivity index (χ0n) is 14.6. The molecule has 1 aliphatic heterocycles. The third-order valence-corrected chi connectivity index (χ3v) is 5.61. The summed E-state index contributed by atoms with van der Waals surface area (Å²) in [7, 11) is 0. The number of rotatable bonds is 3. The maximum atomic E-state index is 12.9. The topological polar surface area (TPSA) is 36.1 Å². The Hall–Kier alpha value is -1.97. The van der Waals surface area contributed by atoms with Crippen LogP contribution in [0.2, 0.25) is 10.0 Å². The van der Waals surface area contributed by atoms with Gasteiger partial charge in [0.15, 0.2) is 0 Å². The molecule has 3 aromatic rings. The van der Waals surface area contributed by atoms with Crippen molar-refractivity contribution in [1.29, 1.82) is 0 Å². The van der Waals surface area contributed by atoms with Gasteiger partial charge >= 0.3 is 0 Å². The molecule has 134 valence electrons. The molecular weight excluding hydrogens is 367 g/mol. The third kappa shape index (κ3) is 3.34. The van der Waals surface area contributed by atoms with Gasteiger partial charge in [-0.15, -0.1) is 0 Å². The minimum absolute atomic E-state index is 0.0588. The molecule has 1 amide bonds. The summed E-state index contributed by atoms with van der Waals surface area (Å²) in [5, 5.41) is 2.64. The molecule has 2 heterocycles. The van der Waals surface area contributed by atoms with E-state index in [9.17, 15) is 4.79 Å². The smallest absolute Gasteiger partial charge is 0.226 e. The van der Waals surface area contributed by atoms with Crippen LogP contribution in [0.3, 0.4) is 0 Å². The summed E-state index contributed by atoms with van der Waals surface area (Å²) in [6, 6.07) is 13.6. The van der Waals surface area contributed by atoms with Gasteiger partial charge in [-0.25, -0.2) is 0 Å². The number of nitrogens with zero attached hydrogens (tertiary/aromatic N) is 1. The van der Waals surface area contributed by atoms with E-state index in [0.717, 1.165) is 46.2 Å². The molecule has 5 heteroatoms. The number of amides is 1. The van der Waals surface area contributed by atoms with Gasteiger partial charge in [0.05, 0.1) is 6.54 Å². The number of aromatic nitrogens is 1. The van der Waals surface area contributed by atoms with Crippen molar-refractivity contribution in [2.24, 2.45) is 5.92 Å². The van der Waals surface area contributed by atoms with E-state index in [1.807, 2.05) is 54.3 Å². The van der Waals surface area contributed by atoms with Crippen LogP contribution in [-0.4, -0.2) is 22.3 Å². The molecule has 0 spiro atoms. The first kappa shape index (κ1) is 17.4. The predicted octanol–water partition coefficient (Wildman–Crippen LogP) is 5.24. The van der Waals surface area contributed by atoms with Crippen LogP contribution < -0.4 is 0 Å². The lowest BCUT2D eigenvalue weighted by atomic mass is 9.97. The summed E-state index contributed by atoms with van der Waals surface area (Å²) < 4.78 is 0. The Morgan fingerprint density at radius 2 is 1.88 bits per heavy atom. The molecule has 3 nitrogen and oxygen atoms in total. The zero-order valence-corrected chi connectivity index (χ0v) is 16.1. The van der Waals surface area contributed by atoms with Gasteiger partial charge in [0.2, 0.25) is 5.91 Å². The maximum Gasteiger partial charge on any atom is 0.226 e. The Morgan fingerprint density at radius 1 is 1.15 bits per heavy atom. The van der Waals surface area contributed by atoms with Crippen molar-refractivity contribution in [3.8, 4) is 0 Å². The van der Waals surface area contributed by atoms with Crippen LogP contribution in [0.1, 0.15) is 23.7 Å². The van der Waals surface area contributed by atoms with Gasteiger partial charge in [-0.3, -0.25) is 4.79 Å². The number of benzene rings is 2. The molecule has 0 radical (unpaired) electrons. The monoisotopic (exact) mass is 386 g/mol. The largest absolute Gasteiger partial charge is 0.357 e. The summed E-state index contributed by atoms with van der Waals surface area (Å²) in [6.45, 7) is 3.37. The molecule has 2 aromatic carbocycles. The minimum Gasteiger partial charge on any atom is -0.357 e. The summed E-state index contributed by atoms with van der Waals surface area (Å²) in [6.07, 6.45) is 1.58. The summed E-state index contributed by atoms with van der Waals surface area (Å²) in [5.41, 5.74) is 4.63. The first-order valence-electron chi connectivity index (χ1n) is 8.83. The number of carbonyl (C=O) groups excluding carboxylic acids is 1. The fraction of sp³-hybridized carbons (Fsp3) is 0.286. The Kier molecular flexibility index (Phi) is 4.68. The van der Waals surface area contributed by atoms with Crippen LogP contribution >= 0.6 is 23.2 Å². The molecule has 0 fully saturated rings. The highest BCUT2D eigenvalue weighted by atomic mass is 35.5. The van der Waals surface area contributed by atoms with Crippen LogP contribution in [-0.2, 0) is 24.2 Å². The average molecular weight is 387 g/mol. The van der Waals surface area contributed by atoms with Crippen LogP contribution in [0.25, 0.3) is 10.9 Å². The van der Waals surface area contributed by atoms with Crippen molar-refractivity contribution in [2.45, 2.75) is 26.3 Å². The fourth-order valence-electron chi connectivity index (χ4n) is 3.77. The number of hydrogen-bond donors (Lipinski definition) is 1. The molecule has 1 aliphatic rings. The first-order chi connectivity index (χ1) is 12.5. The van der Waals surface area contributed by atoms with E-state index in [1.54, 1.807) is 0 Å². The second kappa shape index (κ2) is 6.98. The highest BCUT2D eigenvalue weighted by molar-refractivity contribution is 6.31. The van der Waals surface area contributed by atoms with E-state index in [2.05, 4.69) is 4.98 Å². The van der Waals surface area contributed by atoms with E-state index in [4.69, 9.17) is 23.2 Å². The van der Waals surface area contributed by atoms with Gasteiger partial charge in [0.25, 0.3) is 0 Å². The molecule has 0 bridgehead atoms. The number of fused-ring (bicyclic) bond motifs is 3. The van der Waals surface area contributed by atoms with Crippen LogP contribution in [0, 0.1) is 5.92 Å². The average Bonchev–Trinajstić information content (AvgIpc) is 3.00. The van der Waals surface area contributed by atoms with Gasteiger partial charge in [0.1, 0.15) is 0 Å². The van der Waals surface area contributed by atoms with Crippen molar-refractivity contribution >= 4 is 40.0 Å². The number of aromatic amines is 1. The summed E-state index contributed by atoms with van der Waals surface area (Å²) >= 11 is 12.1. The van der Waals surface area contributed by atoms with Crippen molar-refractivity contribution in [3.63, 3.8) is 0 Å². The normalized spacial score (nSPS) is 15.1. The third-order valence-electron chi connectivity index (χ3n) is 5.13. The molecule has 1 aromatic heterocycles. The number of carbonyl (C=O) groups is 1. The molecule has 1 atom stereocenters. The van der Waals surface area contributed by atoms with E-state index in [-0.39, 0.29) is 11.8 Å². The van der Waals surface area contributed by atoms with E-state index >= 15 is 0 Å². The number of nitrogens with one attached hydrogen (secondary N) is 1. The number of hydrogen-bond acceptors (Lipinski definition) is 1. The van der Waals surface area contributed by atoms with Crippen LogP contribution in [0.15, 0.2) is 42.5 Å². The molecule has 1 N–H and O–H groups in total. The number of halogens is 2. The Labute approximate surface area is 162 Å². The minimum atomic E-state index is -0.0588. The molecular formula is C21H20Cl2N2O. The highest BCUT2D eigenvalue weighted by Crippen LogP contribution is 2.30. The van der Waals surface area contributed by atoms with Crippen LogP contribution in [0.5, 0.6) is 0 Å². The molecule has 0 saturated heterocycles. The lowest BCUT2D eigenvalue weighted by molar-refractivity contribution is -0.135. The Morgan fingerprint density at radius 3 is 2.65 bits per heavy atom. The van der Waals surface area contributed by atoms with Gasteiger partial charge < -0.3 is 9.88 Å². The molecule has 26 heavy (non-hydrogen) atoms. The SMILES string of the molecule is CC(Cc1ccc(Cl)cc1)C(=O)N1CCc2c([nH]c3ccc(Cl)cc23)C1. The fourth-order valence-corrected chi connectivity index (χ4v) is 4.07. The lowest BCUT2D eigenvalue weighted by Gasteiger charge is -2.29. The second-order valence-electron chi connectivity index (χ2n) is 7.01. The maximum absolute atomic E-state index is 12.9. The first-order valence-corrected chi connectivity index (χ1v) is 9.59. The van der Waals surface area contributed by atoms with E-state index in [0.29, 0.717) is 6.54 Å².